The van der Waals surface area contributed by atoms with Crippen molar-refractivity contribution < 1.29 is 4.79 Å². The molecule has 0 radical (unpaired) electrons. The Morgan fingerprint density at radius 2 is 1.43 bits per heavy atom. The zero-order valence-corrected chi connectivity index (χ0v) is 13.2. The Hall–Kier alpha value is -1.42. The minimum absolute atomic E-state index is 0.324. The van der Waals surface area contributed by atoms with Crippen LogP contribution < -0.4 is 10.6 Å². The molecular weight excluding hydrogens is 331 g/mol. The van der Waals surface area contributed by atoms with Gasteiger partial charge in [0.05, 0.1) is 0 Å². The van der Waals surface area contributed by atoms with E-state index in [-0.39, 0.29) is 5.91 Å². The highest BCUT2D eigenvalue weighted by Gasteiger charge is 2.34. The molecule has 0 bridgehead atoms. The molecule has 0 saturated carbocycles. The van der Waals surface area contributed by atoms with Crippen molar-refractivity contribution in [2.45, 2.75) is 9.96 Å². The van der Waals surface area contributed by atoms with E-state index in [1.165, 1.54) is 0 Å². The number of rotatable bonds is 4. The molecule has 0 saturated heterocycles. The fourth-order valence-electron chi connectivity index (χ4n) is 1.70. The predicted molar refractivity (Wildman–Crippen MR) is 88.1 cm³/mol. The maximum Gasteiger partial charge on any atom is 0.252 e. The van der Waals surface area contributed by atoms with E-state index in [1.54, 1.807) is 24.3 Å². The fourth-order valence-corrected chi connectivity index (χ4v) is 2.03. The van der Waals surface area contributed by atoms with Crippen molar-refractivity contribution >= 4 is 46.4 Å². The standard InChI is InChI=1S/C15H13Cl3N2O/c16-15(17,18)14(19-12-9-5-2-6-10-12)20-13(21)11-7-3-1-4-8-11/h1-10,14,19H,(H,20,21)/t14-/m1/s1. The fraction of sp³-hybridized carbons (Fsp3) is 0.133. The number of para-hydroxylation sites is 1. The Balaban J connectivity index is 2.12. The van der Waals surface area contributed by atoms with E-state index in [1.807, 2.05) is 36.4 Å². The van der Waals surface area contributed by atoms with E-state index in [0.29, 0.717) is 5.56 Å². The highest BCUT2D eigenvalue weighted by molar-refractivity contribution is 6.68. The lowest BCUT2D eigenvalue weighted by Gasteiger charge is -2.27. The number of carbonyl (C=O) groups is 1. The minimum atomic E-state index is -1.69. The van der Waals surface area contributed by atoms with Crippen LogP contribution in [-0.4, -0.2) is 15.9 Å². The number of carbonyl (C=O) groups excluding carboxylic acids is 1. The summed E-state index contributed by atoms with van der Waals surface area (Å²) in [6.45, 7) is 0. The van der Waals surface area contributed by atoms with Gasteiger partial charge >= 0.3 is 0 Å². The molecule has 21 heavy (non-hydrogen) atoms. The van der Waals surface area contributed by atoms with Crippen LogP contribution in [0.2, 0.25) is 0 Å². The van der Waals surface area contributed by atoms with Gasteiger partial charge in [0.1, 0.15) is 6.17 Å². The van der Waals surface area contributed by atoms with E-state index >= 15 is 0 Å². The van der Waals surface area contributed by atoms with Gasteiger partial charge in [-0.3, -0.25) is 4.79 Å². The molecular formula is C15H13Cl3N2O. The first kappa shape index (κ1) is 16.0. The van der Waals surface area contributed by atoms with E-state index in [2.05, 4.69) is 10.6 Å². The van der Waals surface area contributed by atoms with Crippen LogP contribution in [0, 0.1) is 0 Å². The van der Waals surface area contributed by atoms with Crippen LogP contribution in [0.3, 0.4) is 0 Å². The highest BCUT2D eigenvalue weighted by atomic mass is 35.6. The van der Waals surface area contributed by atoms with Crippen LogP contribution in [-0.2, 0) is 0 Å². The van der Waals surface area contributed by atoms with Crippen molar-refractivity contribution in [2.24, 2.45) is 0 Å². The maximum absolute atomic E-state index is 12.2. The molecule has 1 amide bonds. The Kier molecular flexibility index (Phi) is 5.34. The summed E-state index contributed by atoms with van der Waals surface area (Å²) < 4.78 is -1.69. The second-order valence-corrected chi connectivity index (χ2v) is 6.69. The van der Waals surface area contributed by atoms with Crippen LogP contribution in [0.5, 0.6) is 0 Å². The number of anilines is 1. The molecule has 2 rings (SSSR count). The molecule has 0 unspecified atom stereocenters. The second kappa shape index (κ2) is 7.03. The maximum atomic E-state index is 12.2. The van der Waals surface area contributed by atoms with Gasteiger partial charge in [-0.25, -0.2) is 0 Å². The SMILES string of the molecule is O=C(N[C@@H](Nc1ccccc1)C(Cl)(Cl)Cl)c1ccccc1. The average molecular weight is 344 g/mol. The molecule has 2 N–H and O–H groups in total. The normalized spacial score (nSPS) is 12.5. The first-order valence-electron chi connectivity index (χ1n) is 6.21. The average Bonchev–Trinajstić information content (AvgIpc) is 2.47. The Morgan fingerprint density at radius 3 is 1.95 bits per heavy atom. The van der Waals surface area contributed by atoms with Gasteiger partial charge in [-0.2, -0.15) is 0 Å². The molecule has 0 heterocycles. The van der Waals surface area contributed by atoms with Crippen molar-refractivity contribution in [2.75, 3.05) is 5.32 Å². The Morgan fingerprint density at radius 1 is 0.905 bits per heavy atom. The number of alkyl halides is 3. The van der Waals surface area contributed by atoms with Crippen LogP contribution in [0.1, 0.15) is 10.4 Å². The van der Waals surface area contributed by atoms with Gasteiger partial charge in [-0.1, -0.05) is 71.2 Å². The summed E-state index contributed by atoms with van der Waals surface area (Å²) in [5, 5.41) is 5.67. The molecule has 6 heteroatoms. The quantitative estimate of drug-likeness (QED) is 0.644. The van der Waals surface area contributed by atoms with Gasteiger partial charge in [0.2, 0.25) is 3.79 Å². The summed E-state index contributed by atoms with van der Waals surface area (Å²) in [4.78, 5) is 12.2. The third-order valence-electron chi connectivity index (χ3n) is 2.72. The van der Waals surface area contributed by atoms with Gasteiger partial charge < -0.3 is 10.6 Å². The molecule has 0 aliphatic heterocycles. The molecule has 110 valence electrons. The lowest BCUT2D eigenvalue weighted by atomic mass is 10.2. The van der Waals surface area contributed by atoms with Crippen molar-refractivity contribution in [1.29, 1.82) is 0 Å². The van der Waals surface area contributed by atoms with Crippen molar-refractivity contribution in [1.82, 2.24) is 5.32 Å². The van der Waals surface area contributed by atoms with Gasteiger partial charge in [0, 0.05) is 11.3 Å². The molecule has 0 fully saturated rings. The highest BCUT2D eigenvalue weighted by Crippen LogP contribution is 2.31. The third kappa shape index (κ3) is 4.81. The molecule has 2 aromatic carbocycles. The number of halogens is 3. The molecule has 0 aliphatic carbocycles. The van der Waals surface area contributed by atoms with Gasteiger partial charge in [0.25, 0.3) is 5.91 Å². The van der Waals surface area contributed by atoms with Gasteiger partial charge in [0.15, 0.2) is 0 Å². The van der Waals surface area contributed by atoms with Crippen LogP contribution in [0.25, 0.3) is 0 Å². The zero-order valence-electron chi connectivity index (χ0n) is 10.9. The smallest absolute Gasteiger partial charge is 0.252 e. The van der Waals surface area contributed by atoms with E-state index in [9.17, 15) is 4.79 Å². The van der Waals surface area contributed by atoms with Crippen LogP contribution in [0.4, 0.5) is 5.69 Å². The zero-order chi connectivity index (χ0) is 15.3. The molecule has 0 spiro atoms. The largest absolute Gasteiger partial charge is 0.362 e. The molecule has 0 aliphatic rings. The summed E-state index contributed by atoms with van der Waals surface area (Å²) in [6, 6.07) is 17.9. The topological polar surface area (TPSA) is 41.1 Å². The van der Waals surface area contributed by atoms with Crippen LogP contribution in [0.15, 0.2) is 60.7 Å². The molecule has 2 aromatic rings. The van der Waals surface area contributed by atoms with E-state index in [4.69, 9.17) is 34.8 Å². The lowest BCUT2D eigenvalue weighted by molar-refractivity contribution is 0.0942. The first-order chi connectivity index (χ1) is 9.97. The molecule has 0 aromatic heterocycles. The molecule has 3 nitrogen and oxygen atoms in total. The van der Waals surface area contributed by atoms with E-state index < -0.39 is 9.96 Å². The van der Waals surface area contributed by atoms with Crippen molar-refractivity contribution in [3.8, 4) is 0 Å². The number of hydrogen-bond donors (Lipinski definition) is 2. The number of amides is 1. The molecule has 1 atom stereocenters. The van der Waals surface area contributed by atoms with E-state index in [0.717, 1.165) is 5.69 Å². The first-order valence-corrected chi connectivity index (χ1v) is 7.34. The predicted octanol–water partition coefficient (Wildman–Crippen LogP) is 4.22. The summed E-state index contributed by atoms with van der Waals surface area (Å²) in [5.41, 5.74) is 1.23. The monoisotopic (exact) mass is 342 g/mol. The minimum Gasteiger partial charge on any atom is -0.362 e. The number of benzene rings is 2. The summed E-state index contributed by atoms with van der Waals surface area (Å²) in [5.74, 6) is -0.324. The van der Waals surface area contributed by atoms with Crippen molar-refractivity contribution in [3.05, 3.63) is 66.2 Å². The summed E-state index contributed by atoms with van der Waals surface area (Å²) in [7, 11) is 0. The third-order valence-corrected chi connectivity index (χ3v) is 3.38. The summed E-state index contributed by atoms with van der Waals surface area (Å²) >= 11 is 17.8. The Bertz CT molecular complexity index is 585. The second-order valence-electron chi connectivity index (χ2n) is 4.32. The van der Waals surface area contributed by atoms with Crippen molar-refractivity contribution in [3.63, 3.8) is 0 Å². The number of nitrogens with one attached hydrogen (secondary N) is 2. The van der Waals surface area contributed by atoms with Gasteiger partial charge in [-0.15, -0.1) is 0 Å². The summed E-state index contributed by atoms with van der Waals surface area (Å²) in [6.07, 6.45) is -0.863. The van der Waals surface area contributed by atoms with Gasteiger partial charge in [-0.05, 0) is 24.3 Å². The number of hydrogen-bond acceptors (Lipinski definition) is 2. The lowest BCUT2D eigenvalue weighted by Crippen LogP contribution is -2.49. The Labute approximate surface area is 138 Å². The van der Waals surface area contributed by atoms with Crippen LogP contribution >= 0.6 is 34.8 Å².